The zero-order valence-corrected chi connectivity index (χ0v) is 16.9. The van der Waals surface area contributed by atoms with Gasteiger partial charge in [-0.15, -0.1) is 0 Å². The molecule has 0 aliphatic heterocycles. The lowest BCUT2D eigenvalue weighted by atomic mass is 10.1. The van der Waals surface area contributed by atoms with Crippen LogP contribution in [0.5, 0.6) is 11.5 Å². The number of nitrogens with zero attached hydrogens (tertiary/aromatic N) is 2. The highest BCUT2D eigenvalue weighted by atomic mass is 16.5. The van der Waals surface area contributed by atoms with Crippen LogP contribution in [-0.2, 0) is 24.3 Å². The number of pyridine rings is 1. The molecule has 3 aromatic rings. The van der Waals surface area contributed by atoms with E-state index in [9.17, 15) is 4.79 Å². The third-order valence-corrected chi connectivity index (χ3v) is 4.68. The first-order valence-electron chi connectivity index (χ1n) is 9.69. The van der Waals surface area contributed by atoms with E-state index in [-0.39, 0.29) is 12.5 Å². The predicted molar refractivity (Wildman–Crippen MR) is 113 cm³/mol. The molecule has 2 aromatic carbocycles. The number of amides is 1. The second-order valence-electron chi connectivity index (χ2n) is 6.75. The molecule has 0 fully saturated rings. The molecule has 3 rings (SSSR count). The molecule has 0 bridgehead atoms. The van der Waals surface area contributed by atoms with E-state index < -0.39 is 0 Å². The molecule has 0 aliphatic rings. The standard InChI is InChI=1S/C24H26N2O3/c1-3-19-6-8-20(9-7-19)16-26(17-21-5-4-14-25-15-21)24(27)18-29-23-12-10-22(28-2)11-13-23/h4-15H,3,16-18H2,1-2H3. The van der Waals surface area contributed by atoms with Crippen LogP contribution < -0.4 is 9.47 Å². The first kappa shape index (κ1) is 20.4. The molecule has 1 heterocycles. The van der Waals surface area contributed by atoms with Crippen LogP contribution >= 0.6 is 0 Å². The molecule has 0 saturated carbocycles. The summed E-state index contributed by atoms with van der Waals surface area (Å²) in [6, 6.07) is 19.4. The number of methoxy groups -OCH3 is 1. The van der Waals surface area contributed by atoms with Gasteiger partial charge in [0.05, 0.1) is 7.11 Å². The van der Waals surface area contributed by atoms with Crippen LogP contribution in [0.1, 0.15) is 23.6 Å². The molecule has 0 N–H and O–H groups in total. The molecule has 0 radical (unpaired) electrons. The Balaban J connectivity index is 1.68. The SMILES string of the molecule is CCc1ccc(CN(Cc2cccnc2)C(=O)COc2ccc(OC)cc2)cc1. The molecule has 29 heavy (non-hydrogen) atoms. The molecule has 0 aliphatic carbocycles. The zero-order chi connectivity index (χ0) is 20.5. The van der Waals surface area contributed by atoms with E-state index in [4.69, 9.17) is 9.47 Å². The van der Waals surface area contributed by atoms with Gasteiger partial charge in [-0.05, 0) is 53.4 Å². The maximum absolute atomic E-state index is 12.9. The first-order chi connectivity index (χ1) is 14.2. The Hall–Kier alpha value is -3.34. The van der Waals surface area contributed by atoms with Crippen molar-refractivity contribution in [3.8, 4) is 11.5 Å². The molecular weight excluding hydrogens is 364 g/mol. The zero-order valence-electron chi connectivity index (χ0n) is 16.9. The van der Waals surface area contributed by atoms with Crippen molar-refractivity contribution in [1.82, 2.24) is 9.88 Å². The van der Waals surface area contributed by atoms with Gasteiger partial charge in [-0.25, -0.2) is 0 Å². The summed E-state index contributed by atoms with van der Waals surface area (Å²) in [6.07, 6.45) is 4.50. The number of aryl methyl sites for hydroxylation is 1. The number of carbonyl (C=O) groups excluding carboxylic acids is 1. The lowest BCUT2D eigenvalue weighted by molar-refractivity contribution is -0.134. The Kier molecular flexibility index (Phi) is 7.22. The van der Waals surface area contributed by atoms with E-state index in [2.05, 4.69) is 36.2 Å². The van der Waals surface area contributed by atoms with Crippen molar-refractivity contribution in [3.05, 3.63) is 89.7 Å². The van der Waals surface area contributed by atoms with E-state index in [1.807, 2.05) is 24.3 Å². The molecule has 150 valence electrons. The fraction of sp³-hybridized carbons (Fsp3) is 0.250. The number of hydrogen-bond acceptors (Lipinski definition) is 4. The van der Waals surface area contributed by atoms with Gasteiger partial charge in [-0.3, -0.25) is 9.78 Å². The highest BCUT2D eigenvalue weighted by molar-refractivity contribution is 5.77. The van der Waals surface area contributed by atoms with E-state index >= 15 is 0 Å². The minimum atomic E-state index is -0.0794. The predicted octanol–water partition coefficient (Wildman–Crippen LogP) is 4.26. The summed E-state index contributed by atoms with van der Waals surface area (Å²) in [7, 11) is 1.61. The van der Waals surface area contributed by atoms with Crippen LogP contribution in [0.2, 0.25) is 0 Å². The van der Waals surface area contributed by atoms with Crippen molar-refractivity contribution >= 4 is 5.91 Å². The van der Waals surface area contributed by atoms with Gasteiger partial charge < -0.3 is 14.4 Å². The Morgan fingerprint density at radius 1 is 0.897 bits per heavy atom. The van der Waals surface area contributed by atoms with Crippen molar-refractivity contribution in [2.75, 3.05) is 13.7 Å². The average molecular weight is 390 g/mol. The van der Waals surface area contributed by atoms with Crippen molar-refractivity contribution in [3.63, 3.8) is 0 Å². The van der Waals surface area contributed by atoms with Gasteiger partial charge in [0.15, 0.2) is 6.61 Å². The van der Waals surface area contributed by atoms with E-state index in [1.54, 1.807) is 36.5 Å². The minimum absolute atomic E-state index is 0.0281. The second kappa shape index (κ2) is 10.3. The Morgan fingerprint density at radius 2 is 1.55 bits per heavy atom. The fourth-order valence-corrected chi connectivity index (χ4v) is 2.95. The van der Waals surface area contributed by atoms with Crippen molar-refractivity contribution in [1.29, 1.82) is 0 Å². The van der Waals surface area contributed by atoms with Gasteiger partial charge in [0.1, 0.15) is 11.5 Å². The van der Waals surface area contributed by atoms with Crippen molar-refractivity contribution < 1.29 is 14.3 Å². The van der Waals surface area contributed by atoms with Crippen LogP contribution in [0, 0.1) is 0 Å². The highest BCUT2D eigenvalue weighted by Gasteiger charge is 2.16. The number of carbonyl (C=O) groups is 1. The quantitative estimate of drug-likeness (QED) is 0.548. The summed E-state index contributed by atoms with van der Waals surface area (Å²) in [5.41, 5.74) is 3.35. The van der Waals surface area contributed by atoms with E-state index in [1.165, 1.54) is 5.56 Å². The second-order valence-corrected chi connectivity index (χ2v) is 6.75. The van der Waals surface area contributed by atoms with Crippen molar-refractivity contribution in [2.45, 2.75) is 26.4 Å². The average Bonchev–Trinajstić information content (AvgIpc) is 2.78. The monoisotopic (exact) mass is 390 g/mol. The lowest BCUT2D eigenvalue weighted by Crippen LogP contribution is -2.34. The number of benzene rings is 2. The highest BCUT2D eigenvalue weighted by Crippen LogP contribution is 2.18. The molecule has 1 amide bonds. The smallest absolute Gasteiger partial charge is 0.261 e. The summed E-state index contributed by atoms with van der Waals surface area (Å²) in [6.45, 7) is 3.10. The maximum Gasteiger partial charge on any atom is 0.261 e. The summed E-state index contributed by atoms with van der Waals surface area (Å²) >= 11 is 0. The fourth-order valence-electron chi connectivity index (χ4n) is 2.95. The Labute approximate surface area is 171 Å². The largest absolute Gasteiger partial charge is 0.497 e. The molecule has 5 heteroatoms. The third kappa shape index (κ3) is 6.07. The van der Waals surface area contributed by atoms with Gasteiger partial charge in [0, 0.05) is 25.5 Å². The van der Waals surface area contributed by atoms with E-state index in [0.717, 1.165) is 23.3 Å². The Morgan fingerprint density at radius 3 is 2.17 bits per heavy atom. The molecule has 0 saturated heterocycles. The normalized spacial score (nSPS) is 10.4. The first-order valence-corrected chi connectivity index (χ1v) is 9.69. The Bertz CT molecular complexity index is 894. The van der Waals surface area contributed by atoms with Crippen LogP contribution in [0.3, 0.4) is 0 Å². The number of ether oxygens (including phenoxy) is 2. The van der Waals surface area contributed by atoms with Gasteiger partial charge in [0.25, 0.3) is 5.91 Å². The van der Waals surface area contributed by atoms with Gasteiger partial charge in [-0.2, -0.15) is 0 Å². The molecule has 5 nitrogen and oxygen atoms in total. The van der Waals surface area contributed by atoms with E-state index in [0.29, 0.717) is 18.8 Å². The third-order valence-electron chi connectivity index (χ3n) is 4.68. The maximum atomic E-state index is 12.9. The summed E-state index contributed by atoms with van der Waals surface area (Å²) in [4.78, 5) is 18.9. The number of rotatable bonds is 9. The summed E-state index contributed by atoms with van der Waals surface area (Å²) < 4.78 is 10.8. The number of aromatic nitrogens is 1. The van der Waals surface area contributed by atoms with Gasteiger partial charge >= 0.3 is 0 Å². The lowest BCUT2D eigenvalue weighted by Gasteiger charge is -2.23. The molecular formula is C24H26N2O3. The minimum Gasteiger partial charge on any atom is -0.497 e. The van der Waals surface area contributed by atoms with Crippen molar-refractivity contribution in [2.24, 2.45) is 0 Å². The van der Waals surface area contributed by atoms with Crippen LogP contribution in [0.4, 0.5) is 0 Å². The topological polar surface area (TPSA) is 51.7 Å². The van der Waals surface area contributed by atoms with Crippen LogP contribution in [-0.4, -0.2) is 29.5 Å². The molecule has 1 aromatic heterocycles. The molecule has 0 spiro atoms. The summed E-state index contributed by atoms with van der Waals surface area (Å²) in [5, 5.41) is 0. The molecule has 0 unspecified atom stereocenters. The molecule has 0 atom stereocenters. The van der Waals surface area contributed by atoms with Crippen LogP contribution in [0.25, 0.3) is 0 Å². The van der Waals surface area contributed by atoms with Crippen LogP contribution in [0.15, 0.2) is 73.1 Å². The summed E-state index contributed by atoms with van der Waals surface area (Å²) in [5.74, 6) is 1.30. The number of hydrogen-bond donors (Lipinski definition) is 0. The van der Waals surface area contributed by atoms with Gasteiger partial charge in [0.2, 0.25) is 0 Å². The van der Waals surface area contributed by atoms with Gasteiger partial charge in [-0.1, -0.05) is 37.3 Å².